The maximum atomic E-state index is 14.1. The van der Waals surface area contributed by atoms with Crippen LogP contribution < -0.4 is 5.32 Å². The van der Waals surface area contributed by atoms with Crippen LogP contribution >= 0.6 is 11.3 Å². The summed E-state index contributed by atoms with van der Waals surface area (Å²) in [5.41, 5.74) is 3.04. The Kier molecular flexibility index (Phi) is 4.61. The molecule has 0 spiro atoms. The van der Waals surface area contributed by atoms with Crippen LogP contribution in [0.4, 0.5) is 8.78 Å². The smallest absolute Gasteiger partial charge is 0.164 e. The Labute approximate surface area is 115 Å². The van der Waals surface area contributed by atoms with Crippen LogP contribution in [0, 0.1) is 18.6 Å². The Morgan fingerprint density at radius 2 is 2.11 bits per heavy atom. The van der Waals surface area contributed by atoms with E-state index in [0.29, 0.717) is 11.1 Å². The molecular weight excluding hydrogens is 266 g/mol. The van der Waals surface area contributed by atoms with Crippen molar-refractivity contribution in [3.05, 3.63) is 51.5 Å². The topological polar surface area (TPSA) is 24.9 Å². The molecular formula is C14H16F2N2S. The number of nitrogens with one attached hydrogen (secondary N) is 1. The van der Waals surface area contributed by atoms with Gasteiger partial charge in [-0.15, -0.1) is 11.3 Å². The minimum atomic E-state index is -0.790. The van der Waals surface area contributed by atoms with Crippen molar-refractivity contribution < 1.29 is 8.78 Å². The maximum Gasteiger partial charge on any atom is 0.164 e. The molecule has 1 heterocycles. The number of aromatic nitrogens is 1. The molecule has 0 radical (unpaired) electrons. The lowest BCUT2D eigenvalue weighted by Crippen LogP contribution is -2.24. The summed E-state index contributed by atoms with van der Waals surface area (Å²) in [5.74, 6) is -1.57. The third-order valence-corrected chi connectivity index (χ3v) is 3.57. The molecule has 19 heavy (non-hydrogen) atoms. The Morgan fingerprint density at radius 3 is 2.74 bits per heavy atom. The summed E-state index contributed by atoms with van der Waals surface area (Å²) in [7, 11) is 0. The van der Waals surface area contributed by atoms with E-state index in [9.17, 15) is 8.78 Å². The van der Waals surface area contributed by atoms with Gasteiger partial charge in [-0.3, -0.25) is 0 Å². The second-order valence-electron chi connectivity index (χ2n) is 4.40. The average Bonchev–Trinajstić information content (AvgIpc) is 2.92. The van der Waals surface area contributed by atoms with E-state index in [1.54, 1.807) is 24.6 Å². The van der Waals surface area contributed by atoms with Crippen molar-refractivity contribution in [1.82, 2.24) is 10.3 Å². The molecule has 0 amide bonds. The zero-order valence-electron chi connectivity index (χ0n) is 10.9. The molecule has 1 N–H and O–H groups in total. The fourth-order valence-electron chi connectivity index (χ4n) is 1.91. The third-order valence-electron chi connectivity index (χ3n) is 2.96. The molecule has 0 aliphatic rings. The van der Waals surface area contributed by atoms with Crippen LogP contribution in [0.1, 0.15) is 36.2 Å². The Hall–Kier alpha value is -1.33. The summed E-state index contributed by atoms with van der Waals surface area (Å²) >= 11 is 1.44. The maximum absolute atomic E-state index is 14.1. The van der Waals surface area contributed by atoms with Crippen molar-refractivity contribution in [2.24, 2.45) is 0 Å². The number of halogens is 2. The van der Waals surface area contributed by atoms with Crippen molar-refractivity contribution in [3.63, 3.8) is 0 Å². The predicted octanol–water partition coefficient (Wildman–Crippen LogP) is 3.82. The zero-order valence-corrected chi connectivity index (χ0v) is 11.7. The monoisotopic (exact) mass is 282 g/mol. The number of nitrogens with zero attached hydrogens (tertiary/aromatic N) is 1. The minimum absolute atomic E-state index is 0.308. The quantitative estimate of drug-likeness (QED) is 0.901. The van der Waals surface area contributed by atoms with Gasteiger partial charge in [-0.25, -0.2) is 13.8 Å². The second-order valence-corrected chi connectivity index (χ2v) is 5.12. The predicted molar refractivity (Wildman–Crippen MR) is 73.3 cm³/mol. The highest BCUT2D eigenvalue weighted by molar-refractivity contribution is 7.07. The highest BCUT2D eigenvalue weighted by Crippen LogP contribution is 2.27. The molecule has 1 aromatic heterocycles. The van der Waals surface area contributed by atoms with Gasteiger partial charge in [0.25, 0.3) is 0 Å². The molecule has 2 rings (SSSR count). The SMILES string of the molecule is CCCNC(c1cscn1)c1ccc(C)c(F)c1F. The van der Waals surface area contributed by atoms with Gasteiger partial charge in [0.15, 0.2) is 11.6 Å². The molecule has 1 aromatic carbocycles. The molecule has 0 aliphatic carbocycles. The first-order chi connectivity index (χ1) is 9.15. The molecule has 0 fully saturated rings. The molecule has 5 heteroatoms. The van der Waals surface area contributed by atoms with E-state index in [4.69, 9.17) is 0 Å². The Balaban J connectivity index is 2.41. The number of aryl methyl sites for hydroxylation is 1. The van der Waals surface area contributed by atoms with E-state index in [-0.39, 0.29) is 0 Å². The second kappa shape index (κ2) is 6.21. The summed E-state index contributed by atoms with van der Waals surface area (Å²) in [6.45, 7) is 4.30. The molecule has 1 atom stereocenters. The summed E-state index contributed by atoms with van der Waals surface area (Å²) in [4.78, 5) is 4.21. The zero-order chi connectivity index (χ0) is 13.8. The highest BCUT2D eigenvalue weighted by Gasteiger charge is 2.21. The normalized spacial score (nSPS) is 12.6. The average molecular weight is 282 g/mol. The molecule has 0 saturated heterocycles. The van der Waals surface area contributed by atoms with Gasteiger partial charge in [0.05, 0.1) is 17.2 Å². The van der Waals surface area contributed by atoms with Gasteiger partial charge < -0.3 is 5.32 Å². The lowest BCUT2D eigenvalue weighted by Gasteiger charge is -2.18. The first kappa shape index (κ1) is 14.1. The minimum Gasteiger partial charge on any atom is -0.305 e. The highest BCUT2D eigenvalue weighted by atomic mass is 32.1. The Morgan fingerprint density at radius 1 is 1.32 bits per heavy atom. The van der Waals surface area contributed by atoms with Gasteiger partial charge in [-0.2, -0.15) is 0 Å². The standard InChI is InChI=1S/C14H16F2N2S/c1-3-6-17-14(11-7-19-8-18-11)10-5-4-9(2)12(15)13(10)16/h4-5,7-8,14,17H,3,6H2,1-2H3. The van der Waals surface area contributed by atoms with Crippen LogP contribution in [0.5, 0.6) is 0 Å². The van der Waals surface area contributed by atoms with Gasteiger partial charge in [0, 0.05) is 10.9 Å². The summed E-state index contributed by atoms with van der Waals surface area (Å²) in [6, 6.07) is 2.82. The van der Waals surface area contributed by atoms with Crippen LogP contribution in [0.15, 0.2) is 23.0 Å². The Bertz CT molecular complexity index is 541. The van der Waals surface area contributed by atoms with Gasteiger partial charge in [0.1, 0.15) is 0 Å². The van der Waals surface area contributed by atoms with Crippen LogP contribution in [-0.2, 0) is 0 Å². The lowest BCUT2D eigenvalue weighted by molar-refractivity contribution is 0.474. The van der Waals surface area contributed by atoms with Gasteiger partial charge in [-0.1, -0.05) is 19.1 Å². The fourth-order valence-corrected chi connectivity index (χ4v) is 2.49. The number of hydrogen-bond acceptors (Lipinski definition) is 3. The van der Waals surface area contributed by atoms with Crippen LogP contribution in [0.25, 0.3) is 0 Å². The summed E-state index contributed by atoms with van der Waals surface area (Å²) < 4.78 is 27.8. The summed E-state index contributed by atoms with van der Waals surface area (Å²) in [5, 5.41) is 5.06. The van der Waals surface area contributed by atoms with E-state index >= 15 is 0 Å². The van der Waals surface area contributed by atoms with Gasteiger partial charge >= 0.3 is 0 Å². The number of thiazole rings is 1. The number of rotatable bonds is 5. The van der Waals surface area contributed by atoms with Crippen molar-refractivity contribution >= 4 is 11.3 Å². The van der Waals surface area contributed by atoms with E-state index < -0.39 is 17.7 Å². The molecule has 102 valence electrons. The van der Waals surface area contributed by atoms with Crippen molar-refractivity contribution in [3.8, 4) is 0 Å². The summed E-state index contributed by atoms with van der Waals surface area (Å²) in [6.07, 6.45) is 0.913. The molecule has 0 saturated carbocycles. The van der Waals surface area contributed by atoms with E-state index in [0.717, 1.165) is 18.7 Å². The first-order valence-corrected chi connectivity index (χ1v) is 7.15. The van der Waals surface area contributed by atoms with Crippen LogP contribution in [0.2, 0.25) is 0 Å². The van der Waals surface area contributed by atoms with Crippen molar-refractivity contribution in [2.45, 2.75) is 26.3 Å². The largest absolute Gasteiger partial charge is 0.305 e. The lowest BCUT2D eigenvalue weighted by atomic mass is 10.0. The van der Waals surface area contributed by atoms with Gasteiger partial charge in [-0.05, 0) is 25.5 Å². The van der Waals surface area contributed by atoms with Gasteiger partial charge in [0.2, 0.25) is 0 Å². The number of benzene rings is 1. The molecule has 0 bridgehead atoms. The first-order valence-electron chi connectivity index (χ1n) is 6.21. The fraction of sp³-hybridized carbons (Fsp3) is 0.357. The molecule has 2 aromatic rings. The van der Waals surface area contributed by atoms with E-state index in [1.165, 1.54) is 11.3 Å². The van der Waals surface area contributed by atoms with Crippen molar-refractivity contribution in [1.29, 1.82) is 0 Å². The van der Waals surface area contributed by atoms with Crippen LogP contribution in [0.3, 0.4) is 0 Å². The molecule has 2 nitrogen and oxygen atoms in total. The van der Waals surface area contributed by atoms with Crippen molar-refractivity contribution in [2.75, 3.05) is 6.54 Å². The molecule has 0 aliphatic heterocycles. The third kappa shape index (κ3) is 2.98. The number of hydrogen-bond donors (Lipinski definition) is 1. The van der Waals surface area contributed by atoms with Crippen LogP contribution in [-0.4, -0.2) is 11.5 Å². The molecule has 1 unspecified atom stereocenters. The van der Waals surface area contributed by atoms with E-state index in [1.807, 2.05) is 12.3 Å². The van der Waals surface area contributed by atoms with E-state index in [2.05, 4.69) is 10.3 Å².